The van der Waals surface area contributed by atoms with E-state index in [2.05, 4.69) is 72.7 Å². The molecule has 0 fully saturated rings. The zero-order valence-corrected chi connectivity index (χ0v) is 22.6. The number of amides is 1. The van der Waals surface area contributed by atoms with Gasteiger partial charge in [0.1, 0.15) is 0 Å². The number of H-pyrrole nitrogens is 1. The molecule has 0 saturated carbocycles. The fourth-order valence-electron chi connectivity index (χ4n) is 2.30. The first kappa shape index (κ1) is 26.8. The summed E-state index contributed by atoms with van der Waals surface area (Å²) in [5.41, 5.74) is 0.245. The summed E-state index contributed by atoms with van der Waals surface area (Å²) in [6.07, 6.45) is 1.47. The normalized spacial score (nSPS) is 13.4. The fourth-order valence-corrected chi connectivity index (χ4v) is 4.37. The van der Waals surface area contributed by atoms with Crippen molar-refractivity contribution >= 4 is 22.5 Å². The molecule has 1 amide bonds. The molecule has 30 heavy (non-hydrogen) atoms. The maximum absolute atomic E-state index is 13.1. The van der Waals surface area contributed by atoms with Crippen LogP contribution in [0.2, 0.25) is 36.3 Å². The van der Waals surface area contributed by atoms with Gasteiger partial charge in [-0.2, -0.15) is 0 Å². The van der Waals surface area contributed by atoms with Gasteiger partial charge in [0.05, 0.1) is 18.8 Å². The molecule has 1 heterocycles. The van der Waals surface area contributed by atoms with Gasteiger partial charge in [0, 0.05) is 25.4 Å². The zero-order valence-electron chi connectivity index (χ0n) is 20.6. The lowest BCUT2D eigenvalue weighted by atomic mass is 10.2. The largest absolute Gasteiger partial charge is 0.415 e. The quantitative estimate of drug-likeness (QED) is 0.541. The highest BCUT2D eigenvalue weighted by Crippen LogP contribution is 2.37. The van der Waals surface area contributed by atoms with Gasteiger partial charge in [0.2, 0.25) is 5.56 Å². The second-order valence-corrected chi connectivity index (χ2v) is 20.6. The molecule has 0 saturated heterocycles. The second-order valence-electron chi connectivity index (χ2n) is 11.0. The van der Waals surface area contributed by atoms with Gasteiger partial charge in [0.25, 0.3) is 5.91 Å². The SMILES string of the molecule is CC(C)(C)[Si](C)(C)OCCN(CCO[Si](C)(C)C(C)(C)C)C(=O)c1ccc(=O)[nH]c1. The lowest BCUT2D eigenvalue weighted by molar-refractivity contribution is 0.0692. The number of hydrogen-bond donors (Lipinski definition) is 1. The van der Waals surface area contributed by atoms with Gasteiger partial charge in [-0.25, -0.2) is 0 Å². The van der Waals surface area contributed by atoms with Crippen LogP contribution >= 0.6 is 0 Å². The van der Waals surface area contributed by atoms with Crippen molar-refractivity contribution in [2.75, 3.05) is 26.3 Å². The first-order valence-electron chi connectivity index (χ1n) is 10.7. The van der Waals surface area contributed by atoms with Crippen LogP contribution in [0.3, 0.4) is 0 Å². The van der Waals surface area contributed by atoms with Gasteiger partial charge in [-0.3, -0.25) is 9.59 Å². The second kappa shape index (κ2) is 9.93. The van der Waals surface area contributed by atoms with Crippen molar-refractivity contribution in [1.82, 2.24) is 9.88 Å². The molecule has 0 aliphatic heterocycles. The number of nitrogens with zero attached hydrogens (tertiary/aromatic N) is 1. The molecule has 0 aliphatic carbocycles. The third-order valence-electron chi connectivity index (χ3n) is 6.58. The molecule has 0 unspecified atom stereocenters. The highest BCUT2D eigenvalue weighted by atomic mass is 28.4. The van der Waals surface area contributed by atoms with E-state index in [9.17, 15) is 9.59 Å². The number of carbonyl (C=O) groups is 1. The molecule has 0 atom stereocenters. The Labute approximate surface area is 184 Å². The number of carbonyl (C=O) groups excluding carboxylic acids is 1. The maximum atomic E-state index is 13.1. The number of aromatic amines is 1. The van der Waals surface area contributed by atoms with Crippen molar-refractivity contribution in [3.05, 3.63) is 34.2 Å². The van der Waals surface area contributed by atoms with E-state index >= 15 is 0 Å². The van der Waals surface area contributed by atoms with Gasteiger partial charge in [-0.15, -0.1) is 0 Å². The fraction of sp³-hybridized carbons (Fsp3) is 0.727. The molecule has 8 heteroatoms. The first-order valence-corrected chi connectivity index (χ1v) is 16.6. The number of rotatable bonds is 9. The monoisotopic (exact) mass is 454 g/mol. The number of aromatic nitrogens is 1. The molecule has 0 radical (unpaired) electrons. The average Bonchev–Trinajstić information content (AvgIpc) is 2.58. The molecule has 1 aromatic heterocycles. The van der Waals surface area contributed by atoms with Crippen LogP contribution in [-0.2, 0) is 8.85 Å². The van der Waals surface area contributed by atoms with Crippen LogP contribution in [-0.4, -0.2) is 58.7 Å². The van der Waals surface area contributed by atoms with Crippen LogP contribution < -0.4 is 5.56 Å². The molecule has 0 aromatic carbocycles. The van der Waals surface area contributed by atoms with Gasteiger partial charge < -0.3 is 18.7 Å². The predicted molar refractivity (Wildman–Crippen MR) is 129 cm³/mol. The molecule has 172 valence electrons. The third kappa shape index (κ3) is 7.48. The Morgan fingerprint density at radius 3 is 1.67 bits per heavy atom. The van der Waals surface area contributed by atoms with E-state index in [1.54, 1.807) is 11.0 Å². The molecule has 0 aliphatic rings. The Bertz CT molecular complexity index is 709. The van der Waals surface area contributed by atoms with E-state index in [4.69, 9.17) is 8.85 Å². The van der Waals surface area contributed by atoms with Crippen molar-refractivity contribution < 1.29 is 13.6 Å². The third-order valence-corrected chi connectivity index (χ3v) is 15.7. The van der Waals surface area contributed by atoms with Gasteiger partial charge in [-0.05, 0) is 42.3 Å². The van der Waals surface area contributed by atoms with E-state index in [0.717, 1.165) is 0 Å². The number of pyridine rings is 1. The van der Waals surface area contributed by atoms with E-state index in [1.165, 1.54) is 12.3 Å². The smallest absolute Gasteiger partial charge is 0.255 e. The summed E-state index contributed by atoms with van der Waals surface area (Å²) in [4.78, 5) is 28.8. The minimum absolute atomic E-state index is 0.117. The standard InChI is InChI=1S/C22H42N2O4Si2/c1-21(2,3)29(7,8)27-15-13-24(14-16-28-30(9,10)22(4,5)6)20(26)18-11-12-19(25)23-17-18/h11-12,17H,13-16H2,1-10H3,(H,23,25). The van der Waals surface area contributed by atoms with Crippen molar-refractivity contribution in [1.29, 1.82) is 0 Å². The lowest BCUT2D eigenvalue weighted by Gasteiger charge is -2.38. The summed E-state index contributed by atoms with van der Waals surface area (Å²) in [5, 5.41) is 0.235. The maximum Gasteiger partial charge on any atom is 0.255 e. The molecular weight excluding hydrogens is 412 g/mol. The Balaban J connectivity index is 2.87. The molecule has 1 rings (SSSR count). The van der Waals surface area contributed by atoms with Crippen LogP contribution in [0.1, 0.15) is 51.9 Å². The Hall–Kier alpha value is -1.23. The predicted octanol–water partition coefficient (Wildman–Crippen LogP) is 4.86. The Kier molecular flexibility index (Phi) is 8.87. The van der Waals surface area contributed by atoms with Crippen molar-refractivity contribution in [3.63, 3.8) is 0 Å². The molecule has 0 spiro atoms. The van der Waals surface area contributed by atoms with E-state index in [-0.39, 0.29) is 21.5 Å². The summed E-state index contributed by atoms with van der Waals surface area (Å²) in [6.45, 7) is 24.0. The minimum atomic E-state index is -1.89. The molecular formula is C22H42N2O4Si2. The minimum Gasteiger partial charge on any atom is -0.415 e. The van der Waals surface area contributed by atoms with Crippen LogP contribution in [0, 0.1) is 0 Å². The summed E-state index contributed by atoms with van der Waals surface area (Å²) < 4.78 is 12.6. The summed E-state index contributed by atoms with van der Waals surface area (Å²) >= 11 is 0. The van der Waals surface area contributed by atoms with E-state index < -0.39 is 16.6 Å². The number of hydrogen-bond acceptors (Lipinski definition) is 4. The average molecular weight is 455 g/mol. The van der Waals surface area contributed by atoms with Crippen molar-refractivity contribution in [2.45, 2.75) is 77.8 Å². The Morgan fingerprint density at radius 2 is 1.33 bits per heavy atom. The van der Waals surface area contributed by atoms with E-state index in [1.807, 2.05) is 0 Å². The van der Waals surface area contributed by atoms with Gasteiger partial charge in [-0.1, -0.05) is 41.5 Å². The van der Waals surface area contributed by atoms with Crippen LogP contribution in [0.4, 0.5) is 0 Å². The summed E-state index contributed by atoms with van der Waals surface area (Å²) in [5.74, 6) is -0.121. The zero-order chi connectivity index (χ0) is 23.4. The van der Waals surface area contributed by atoms with Crippen LogP contribution in [0.15, 0.2) is 23.1 Å². The van der Waals surface area contributed by atoms with Gasteiger partial charge in [0.15, 0.2) is 16.6 Å². The molecule has 0 bridgehead atoms. The highest BCUT2D eigenvalue weighted by Gasteiger charge is 2.38. The van der Waals surface area contributed by atoms with Crippen molar-refractivity contribution in [3.8, 4) is 0 Å². The highest BCUT2D eigenvalue weighted by molar-refractivity contribution is 6.74. The summed E-state index contributed by atoms with van der Waals surface area (Å²) in [6, 6.07) is 2.95. The summed E-state index contributed by atoms with van der Waals surface area (Å²) in [7, 11) is -3.78. The van der Waals surface area contributed by atoms with E-state index in [0.29, 0.717) is 31.9 Å². The van der Waals surface area contributed by atoms with Crippen LogP contribution in [0.5, 0.6) is 0 Å². The van der Waals surface area contributed by atoms with Gasteiger partial charge >= 0.3 is 0 Å². The Morgan fingerprint density at radius 1 is 0.900 bits per heavy atom. The number of nitrogens with one attached hydrogen (secondary N) is 1. The molecule has 1 N–H and O–H groups in total. The van der Waals surface area contributed by atoms with Crippen molar-refractivity contribution in [2.24, 2.45) is 0 Å². The lowest BCUT2D eigenvalue weighted by Crippen LogP contribution is -2.46. The molecule has 1 aromatic rings. The van der Waals surface area contributed by atoms with Crippen LogP contribution in [0.25, 0.3) is 0 Å². The molecule has 6 nitrogen and oxygen atoms in total. The first-order chi connectivity index (χ1) is 13.5. The topological polar surface area (TPSA) is 71.6 Å².